The topological polar surface area (TPSA) is 49.9 Å². The smallest absolute Gasteiger partial charge is 0.265 e. The lowest BCUT2D eigenvalue weighted by molar-refractivity contribution is -0.132. The quantitative estimate of drug-likeness (QED) is 0.200. The SMILES string of the molecule is C=CCc1cc(C=C2C(=O)N(C)C(=S)N(C)C2=O)cc(Br)c1OCc1ccc(Cl)cc1Cl. The van der Waals surface area contributed by atoms with Crippen LogP contribution in [0.15, 0.2) is 53.0 Å². The van der Waals surface area contributed by atoms with Crippen LogP contribution < -0.4 is 4.74 Å². The highest BCUT2D eigenvalue weighted by Crippen LogP contribution is 2.34. The first-order chi connectivity index (χ1) is 15.1. The van der Waals surface area contributed by atoms with Crippen molar-refractivity contribution >= 4 is 74.4 Å². The molecule has 3 rings (SSSR count). The van der Waals surface area contributed by atoms with Crippen molar-refractivity contribution in [3.8, 4) is 5.75 Å². The summed E-state index contributed by atoms with van der Waals surface area (Å²) in [5, 5.41) is 1.23. The van der Waals surface area contributed by atoms with Gasteiger partial charge in [0.25, 0.3) is 11.8 Å². The second-order valence-electron chi connectivity index (χ2n) is 7.08. The van der Waals surface area contributed by atoms with E-state index in [-0.39, 0.29) is 17.3 Å². The van der Waals surface area contributed by atoms with Crippen LogP contribution in [0, 0.1) is 0 Å². The Kier molecular flexibility index (Phi) is 7.77. The molecular weight excluding hydrogens is 535 g/mol. The Morgan fingerprint density at radius 1 is 1.09 bits per heavy atom. The van der Waals surface area contributed by atoms with Gasteiger partial charge in [-0.05, 0) is 76.0 Å². The molecule has 1 aliphatic heterocycles. The highest BCUT2D eigenvalue weighted by molar-refractivity contribution is 9.10. The molecule has 1 aliphatic rings. The number of likely N-dealkylation sites (N-methyl/N-ethyl adjacent to an activating group) is 2. The van der Waals surface area contributed by atoms with Gasteiger partial charge >= 0.3 is 0 Å². The Bertz CT molecular complexity index is 1140. The summed E-state index contributed by atoms with van der Waals surface area (Å²) in [7, 11) is 3.08. The fraction of sp³-hybridized carbons (Fsp3) is 0.174. The first kappa shape index (κ1) is 24.5. The molecule has 9 heteroatoms. The van der Waals surface area contributed by atoms with Crippen molar-refractivity contribution in [2.45, 2.75) is 13.0 Å². The van der Waals surface area contributed by atoms with Gasteiger partial charge in [0.05, 0.1) is 4.47 Å². The summed E-state index contributed by atoms with van der Waals surface area (Å²) in [6.45, 7) is 4.05. The third-order valence-electron chi connectivity index (χ3n) is 4.85. The van der Waals surface area contributed by atoms with Gasteiger partial charge in [-0.3, -0.25) is 19.4 Å². The van der Waals surface area contributed by atoms with Crippen LogP contribution in [0.25, 0.3) is 6.08 Å². The van der Waals surface area contributed by atoms with Gasteiger partial charge in [0.1, 0.15) is 17.9 Å². The molecule has 166 valence electrons. The maximum atomic E-state index is 12.6. The molecule has 1 heterocycles. The van der Waals surface area contributed by atoms with E-state index in [0.717, 1.165) is 11.1 Å². The minimum Gasteiger partial charge on any atom is -0.487 e. The maximum Gasteiger partial charge on any atom is 0.265 e. The third-order valence-corrected chi connectivity index (χ3v) is 6.57. The summed E-state index contributed by atoms with van der Waals surface area (Å²) < 4.78 is 6.72. The van der Waals surface area contributed by atoms with Crippen LogP contribution in [0.3, 0.4) is 0 Å². The number of halogens is 3. The number of ether oxygens (including phenoxy) is 1. The zero-order chi connectivity index (χ0) is 23.6. The second-order valence-corrected chi connectivity index (χ2v) is 9.14. The number of carbonyl (C=O) groups is 2. The Balaban J connectivity index is 1.95. The predicted molar refractivity (Wildman–Crippen MR) is 135 cm³/mol. The van der Waals surface area contributed by atoms with Crippen LogP contribution >= 0.6 is 51.3 Å². The van der Waals surface area contributed by atoms with Gasteiger partial charge in [0.2, 0.25) is 0 Å². The van der Waals surface area contributed by atoms with Crippen molar-refractivity contribution in [2.75, 3.05) is 14.1 Å². The Morgan fingerprint density at radius 3 is 2.34 bits per heavy atom. The van der Waals surface area contributed by atoms with Crippen molar-refractivity contribution < 1.29 is 14.3 Å². The van der Waals surface area contributed by atoms with Gasteiger partial charge in [-0.25, -0.2) is 0 Å². The molecule has 2 aromatic rings. The molecule has 1 saturated heterocycles. The van der Waals surface area contributed by atoms with Crippen molar-refractivity contribution in [2.24, 2.45) is 0 Å². The molecule has 0 atom stereocenters. The Morgan fingerprint density at radius 2 is 1.75 bits per heavy atom. The highest BCUT2D eigenvalue weighted by atomic mass is 79.9. The maximum absolute atomic E-state index is 12.6. The molecule has 5 nitrogen and oxygen atoms in total. The van der Waals surface area contributed by atoms with Gasteiger partial charge in [-0.15, -0.1) is 6.58 Å². The van der Waals surface area contributed by atoms with E-state index < -0.39 is 11.8 Å². The molecule has 2 aromatic carbocycles. The lowest BCUT2D eigenvalue weighted by Crippen LogP contribution is -2.52. The number of thiocarbonyl (C=S) groups is 1. The van der Waals surface area contributed by atoms with Gasteiger partial charge in [0.15, 0.2) is 5.11 Å². The van der Waals surface area contributed by atoms with Crippen LogP contribution in [0.1, 0.15) is 16.7 Å². The summed E-state index contributed by atoms with van der Waals surface area (Å²) in [5.74, 6) is -0.274. The Hall–Kier alpha value is -2.19. The second kappa shape index (κ2) is 10.2. The molecular formula is C23H19BrCl2N2O3S. The number of amides is 2. The predicted octanol–water partition coefficient (Wildman–Crippen LogP) is 5.66. The highest BCUT2D eigenvalue weighted by Gasteiger charge is 2.35. The summed E-state index contributed by atoms with van der Waals surface area (Å²) >= 11 is 20.9. The van der Waals surface area contributed by atoms with Crippen molar-refractivity contribution in [1.82, 2.24) is 9.80 Å². The molecule has 0 saturated carbocycles. The number of hydrogen-bond donors (Lipinski definition) is 0. The average molecular weight is 554 g/mol. The molecule has 32 heavy (non-hydrogen) atoms. The molecule has 0 N–H and O–H groups in total. The first-order valence-corrected chi connectivity index (χ1v) is 11.4. The summed E-state index contributed by atoms with van der Waals surface area (Å²) in [6.07, 6.45) is 3.82. The minimum absolute atomic E-state index is 0.0293. The van der Waals surface area contributed by atoms with Crippen LogP contribution in [0.5, 0.6) is 5.75 Å². The Labute approximate surface area is 210 Å². The van der Waals surface area contributed by atoms with E-state index in [0.29, 0.717) is 32.3 Å². The van der Waals surface area contributed by atoms with Gasteiger partial charge in [0, 0.05) is 29.7 Å². The lowest BCUT2D eigenvalue weighted by Gasteiger charge is -2.31. The van der Waals surface area contributed by atoms with Crippen LogP contribution in [-0.2, 0) is 22.6 Å². The van der Waals surface area contributed by atoms with Crippen LogP contribution in [0.2, 0.25) is 10.0 Å². The summed E-state index contributed by atoms with van der Waals surface area (Å²) in [5.41, 5.74) is 2.32. The molecule has 0 unspecified atom stereocenters. The number of carbonyl (C=O) groups excluding carboxylic acids is 2. The number of hydrogen-bond acceptors (Lipinski definition) is 4. The van der Waals surface area contributed by atoms with Crippen molar-refractivity contribution in [3.63, 3.8) is 0 Å². The van der Waals surface area contributed by atoms with E-state index in [1.165, 1.54) is 9.80 Å². The minimum atomic E-state index is -0.447. The van der Waals surface area contributed by atoms with E-state index in [9.17, 15) is 9.59 Å². The molecule has 0 spiro atoms. The number of nitrogens with zero attached hydrogens (tertiary/aromatic N) is 2. The molecule has 0 bridgehead atoms. The lowest BCUT2D eigenvalue weighted by atomic mass is 10.0. The summed E-state index contributed by atoms with van der Waals surface area (Å²) in [6, 6.07) is 8.85. The fourth-order valence-corrected chi connectivity index (χ4v) is 4.42. The normalized spacial score (nSPS) is 14.2. The van der Waals surface area contributed by atoms with Gasteiger partial charge < -0.3 is 4.74 Å². The van der Waals surface area contributed by atoms with E-state index in [1.807, 2.05) is 12.1 Å². The fourth-order valence-electron chi connectivity index (χ4n) is 3.16. The number of benzene rings is 2. The number of allylic oxidation sites excluding steroid dienone is 1. The standard InChI is InChI=1S/C23H19BrCl2N2O3S/c1-4-5-14-8-13(9-17-21(29)27(2)23(32)28(3)22(17)30)10-18(24)20(14)31-12-15-6-7-16(25)11-19(15)26/h4,6-11H,1,5,12H2,2-3H3. The summed E-state index contributed by atoms with van der Waals surface area (Å²) in [4.78, 5) is 27.8. The van der Waals surface area contributed by atoms with Crippen molar-refractivity contribution in [1.29, 1.82) is 0 Å². The van der Waals surface area contributed by atoms with Gasteiger partial charge in [-0.2, -0.15) is 0 Å². The molecule has 1 fully saturated rings. The van der Waals surface area contributed by atoms with Crippen LogP contribution in [0.4, 0.5) is 0 Å². The largest absolute Gasteiger partial charge is 0.487 e. The zero-order valence-corrected chi connectivity index (χ0v) is 21.2. The van der Waals surface area contributed by atoms with Gasteiger partial charge in [-0.1, -0.05) is 35.3 Å². The molecule has 0 radical (unpaired) electrons. The average Bonchev–Trinajstić information content (AvgIpc) is 2.75. The first-order valence-electron chi connectivity index (χ1n) is 9.45. The van der Waals surface area contributed by atoms with Crippen molar-refractivity contribution in [3.05, 3.63) is 79.8 Å². The van der Waals surface area contributed by atoms with E-state index in [2.05, 4.69) is 22.5 Å². The monoisotopic (exact) mass is 552 g/mol. The number of rotatable bonds is 6. The molecule has 0 aromatic heterocycles. The van der Waals surface area contributed by atoms with E-state index in [1.54, 1.807) is 44.4 Å². The third kappa shape index (κ3) is 5.07. The van der Waals surface area contributed by atoms with E-state index in [4.69, 9.17) is 40.2 Å². The van der Waals surface area contributed by atoms with E-state index >= 15 is 0 Å². The molecule has 2 amide bonds. The zero-order valence-electron chi connectivity index (χ0n) is 17.3. The molecule has 0 aliphatic carbocycles. The van der Waals surface area contributed by atoms with Crippen LogP contribution in [-0.4, -0.2) is 40.8 Å².